The number of hydrogen-bond donors (Lipinski definition) is 2. The number of H-pyrrole nitrogens is 1. The quantitative estimate of drug-likeness (QED) is 0.620. The second-order valence-corrected chi connectivity index (χ2v) is 3.01. The Balaban J connectivity index is 2.43. The van der Waals surface area contributed by atoms with Gasteiger partial charge in [0.05, 0.1) is 11.8 Å². The van der Waals surface area contributed by atoms with Crippen LogP contribution < -0.4 is 5.32 Å². The molecule has 11 heavy (non-hydrogen) atoms. The lowest BCUT2D eigenvalue weighted by molar-refractivity contribution is 0.0956. The van der Waals surface area contributed by atoms with Gasteiger partial charge < -0.3 is 5.32 Å². The zero-order chi connectivity index (χ0) is 8.10. The highest BCUT2D eigenvalue weighted by molar-refractivity contribution is 14.1. The minimum atomic E-state index is -0.0737. The lowest BCUT2D eigenvalue weighted by atomic mass is 10.3. The highest BCUT2D eigenvalue weighted by atomic mass is 127. The molecule has 0 aromatic carbocycles. The fourth-order valence-corrected chi connectivity index (χ4v) is 0.908. The van der Waals surface area contributed by atoms with Crippen molar-refractivity contribution in [2.24, 2.45) is 0 Å². The number of amides is 1. The molecule has 0 unspecified atom stereocenters. The van der Waals surface area contributed by atoms with Crippen molar-refractivity contribution in [1.29, 1.82) is 0 Å². The lowest BCUT2D eigenvalue weighted by Gasteiger charge is -1.97. The van der Waals surface area contributed by atoms with Crippen LogP contribution in [0.3, 0.4) is 0 Å². The van der Waals surface area contributed by atoms with Crippen molar-refractivity contribution >= 4 is 28.5 Å². The highest BCUT2D eigenvalue weighted by Crippen LogP contribution is 1.92. The van der Waals surface area contributed by atoms with Gasteiger partial charge in [-0.05, 0) is 0 Å². The number of halogens is 1. The van der Waals surface area contributed by atoms with Crippen molar-refractivity contribution in [2.45, 2.75) is 0 Å². The molecule has 0 atom stereocenters. The van der Waals surface area contributed by atoms with Crippen LogP contribution in [0.25, 0.3) is 0 Å². The second-order valence-electron chi connectivity index (χ2n) is 1.93. The molecule has 60 valence electrons. The molecule has 0 spiro atoms. The summed E-state index contributed by atoms with van der Waals surface area (Å²) in [6.45, 7) is 0.699. The SMILES string of the molecule is O=C(NCCI)c1cn[nH]c1. The third-order valence-corrected chi connectivity index (χ3v) is 1.68. The summed E-state index contributed by atoms with van der Waals surface area (Å²) in [6, 6.07) is 0. The maximum absolute atomic E-state index is 11.1. The fourth-order valence-electron chi connectivity index (χ4n) is 0.638. The lowest BCUT2D eigenvalue weighted by Crippen LogP contribution is -2.24. The van der Waals surface area contributed by atoms with E-state index in [4.69, 9.17) is 0 Å². The first kappa shape index (κ1) is 8.51. The molecular weight excluding hydrogens is 257 g/mol. The van der Waals surface area contributed by atoms with E-state index in [-0.39, 0.29) is 5.91 Å². The van der Waals surface area contributed by atoms with E-state index in [1.165, 1.54) is 6.20 Å². The molecule has 0 saturated heterocycles. The summed E-state index contributed by atoms with van der Waals surface area (Å²) >= 11 is 2.20. The van der Waals surface area contributed by atoms with Gasteiger partial charge in [0.2, 0.25) is 0 Å². The third kappa shape index (κ3) is 2.49. The number of carbonyl (C=O) groups is 1. The Labute approximate surface area is 77.9 Å². The average Bonchev–Trinajstić information content (AvgIpc) is 2.52. The van der Waals surface area contributed by atoms with Crippen molar-refractivity contribution in [1.82, 2.24) is 15.5 Å². The summed E-state index contributed by atoms with van der Waals surface area (Å²) in [5, 5.41) is 8.97. The van der Waals surface area contributed by atoms with E-state index in [9.17, 15) is 4.79 Å². The van der Waals surface area contributed by atoms with Crippen molar-refractivity contribution in [2.75, 3.05) is 11.0 Å². The summed E-state index contributed by atoms with van der Waals surface area (Å²) in [5.74, 6) is -0.0737. The van der Waals surface area contributed by atoms with Crippen LogP contribution in [0.1, 0.15) is 10.4 Å². The summed E-state index contributed by atoms with van der Waals surface area (Å²) in [6.07, 6.45) is 3.07. The third-order valence-electron chi connectivity index (χ3n) is 1.14. The highest BCUT2D eigenvalue weighted by Gasteiger charge is 2.03. The van der Waals surface area contributed by atoms with Gasteiger partial charge in [-0.2, -0.15) is 5.10 Å². The number of hydrogen-bond acceptors (Lipinski definition) is 2. The molecular formula is C6H8IN3O. The smallest absolute Gasteiger partial charge is 0.254 e. The van der Waals surface area contributed by atoms with Crippen LogP contribution in [-0.4, -0.2) is 27.1 Å². The molecule has 4 nitrogen and oxygen atoms in total. The van der Waals surface area contributed by atoms with E-state index in [0.717, 1.165) is 4.43 Å². The zero-order valence-corrected chi connectivity index (χ0v) is 7.96. The molecule has 0 bridgehead atoms. The Morgan fingerprint density at radius 1 is 1.82 bits per heavy atom. The van der Waals surface area contributed by atoms with Gasteiger partial charge in [-0.25, -0.2) is 0 Å². The molecule has 0 aliphatic carbocycles. The molecule has 0 saturated carbocycles. The van der Waals surface area contributed by atoms with Gasteiger partial charge in [0.25, 0.3) is 5.91 Å². The maximum atomic E-state index is 11.1. The van der Waals surface area contributed by atoms with Gasteiger partial charge in [0.15, 0.2) is 0 Å². The number of rotatable bonds is 3. The van der Waals surface area contributed by atoms with E-state index >= 15 is 0 Å². The van der Waals surface area contributed by atoms with Crippen LogP contribution >= 0.6 is 22.6 Å². The van der Waals surface area contributed by atoms with Crippen LogP contribution in [0, 0.1) is 0 Å². The molecule has 5 heteroatoms. The van der Waals surface area contributed by atoms with Crippen LogP contribution in [-0.2, 0) is 0 Å². The van der Waals surface area contributed by atoms with Crippen molar-refractivity contribution < 1.29 is 4.79 Å². The largest absolute Gasteiger partial charge is 0.351 e. The zero-order valence-electron chi connectivity index (χ0n) is 5.80. The van der Waals surface area contributed by atoms with Crippen LogP contribution in [0.15, 0.2) is 12.4 Å². The predicted molar refractivity (Wildman–Crippen MR) is 49.8 cm³/mol. The van der Waals surface area contributed by atoms with Crippen LogP contribution in [0.4, 0.5) is 0 Å². The van der Waals surface area contributed by atoms with E-state index in [2.05, 4.69) is 38.1 Å². The van der Waals surface area contributed by atoms with E-state index in [1.807, 2.05) is 0 Å². The van der Waals surface area contributed by atoms with Crippen molar-refractivity contribution in [3.63, 3.8) is 0 Å². The molecule has 1 rings (SSSR count). The number of nitrogens with zero attached hydrogens (tertiary/aromatic N) is 1. The topological polar surface area (TPSA) is 57.8 Å². The molecule has 1 amide bonds. The van der Waals surface area contributed by atoms with Gasteiger partial charge in [0, 0.05) is 17.2 Å². The van der Waals surface area contributed by atoms with Gasteiger partial charge in [-0.1, -0.05) is 22.6 Å². The maximum Gasteiger partial charge on any atom is 0.254 e. The first-order chi connectivity index (χ1) is 5.34. The number of nitrogens with one attached hydrogen (secondary N) is 2. The second kappa shape index (κ2) is 4.32. The standard InChI is InChI=1S/C6H8IN3O/c7-1-2-8-6(11)5-3-9-10-4-5/h3-4H,1-2H2,(H,8,11)(H,9,10). The summed E-state index contributed by atoms with van der Waals surface area (Å²) in [7, 11) is 0. The Morgan fingerprint density at radius 2 is 2.64 bits per heavy atom. The molecule has 0 fully saturated rings. The monoisotopic (exact) mass is 265 g/mol. The van der Waals surface area contributed by atoms with Gasteiger partial charge >= 0.3 is 0 Å². The molecule has 0 radical (unpaired) electrons. The van der Waals surface area contributed by atoms with E-state index < -0.39 is 0 Å². The molecule has 0 aliphatic rings. The first-order valence-electron chi connectivity index (χ1n) is 3.17. The number of carbonyl (C=O) groups excluding carboxylic acids is 1. The number of aromatic nitrogens is 2. The molecule has 0 aliphatic heterocycles. The Bertz CT molecular complexity index is 222. The van der Waals surface area contributed by atoms with E-state index in [1.54, 1.807) is 6.20 Å². The first-order valence-corrected chi connectivity index (χ1v) is 4.70. The molecule has 1 heterocycles. The Morgan fingerprint density at radius 3 is 3.18 bits per heavy atom. The minimum Gasteiger partial charge on any atom is -0.351 e. The minimum absolute atomic E-state index is 0.0737. The average molecular weight is 265 g/mol. The van der Waals surface area contributed by atoms with Gasteiger partial charge in [-0.3, -0.25) is 9.89 Å². The Hall–Kier alpha value is -0.590. The predicted octanol–water partition coefficient (Wildman–Crippen LogP) is 0.575. The summed E-state index contributed by atoms with van der Waals surface area (Å²) in [5.41, 5.74) is 0.579. The molecule has 2 N–H and O–H groups in total. The van der Waals surface area contributed by atoms with Crippen LogP contribution in [0.2, 0.25) is 0 Å². The molecule has 1 aromatic rings. The van der Waals surface area contributed by atoms with Crippen molar-refractivity contribution in [3.8, 4) is 0 Å². The van der Waals surface area contributed by atoms with Gasteiger partial charge in [-0.15, -0.1) is 0 Å². The number of aromatic amines is 1. The van der Waals surface area contributed by atoms with Crippen LogP contribution in [0.5, 0.6) is 0 Å². The summed E-state index contributed by atoms with van der Waals surface area (Å²) in [4.78, 5) is 11.1. The summed E-state index contributed by atoms with van der Waals surface area (Å²) < 4.78 is 0.918. The fraction of sp³-hybridized carbons (Fsp3) is 0.333. The van der Waals surface area contributed by atoms with Gasteiger partial charge in [0.1, 0.15) is 0 Å². The van der Waals surface area contributed by atoms with E-state index in [0.29, 0.717) is 12.1 Å². The Kier molecular flexibility index (Phi) is 3.34. The van der Waals surface area contributed by atoms with Crippen molar-refractivity contribution in [3.05, 3.63) is 18.0 Å². The normalized spacial score (nSPS) is 9.55. The molecule has 1 aromatic heterocycles. The number of alkyl halides is 1.